The van der Waals surface area contributed by atoms with Crippen LogP contribution in [-0.4, -0.2) is 45.9 Å². The van der Waals surface area contributed by atoms with Gasteiger partial charge in [0.15, 0.2) is 4.80 Å². The molecular weight excluding hydrogens is 361 g/mol. The molecule has 2 amide bonds. The quantitative estimate of drug-likeness (QED) is 0.818. The van der Waals surface area contributed by atoms with Crippen molar-refractivity contribution in [3.63, 3.8) is 0 Å². The first-order valence-corrected chi connectivity index (χ1v) is 10.2. The van der Waals surface area contributed by atoms with E-state index >= 15 is 0 Å². The molecule has 1 aliphatic heterocycles. The number of hydrogen-bond donors (Lipinski definition) is 0. The Morgan fingerprint density at radius 2 is 2.00 bits per heavy atom. The zero-order valence-corrected chi connectivity index (χ0v) is 15.7. The number of thioether (sulfide) groups is 1. The summed E-state index contributed by atoms with van der Waals surface area (Å²) < 4.78 is 15.8. The molecule has 0 N–H and O–H groups in total. The van der Waals surface area contributed by atoms with E-state index in [0.29, 0.717) is 10.6 Å². The molecule has 25 heavy (non-hydrogen) atoms. The lowest BCUT2D eigenvalue weighted by Crippen LogP contribution is -2.36. The number of carbonyl (C=O) groups is 2. The smallest absolute Gasteiger partial charge is 0.258 e. The Labute approximate surface area is 153 Å². The molecule has 5 nitrogen and oxygen atoms in total. The van der Waals surface area contributed by atoms with Crippen LogP contribution in [0.1, 0.15) is 19.3 Å². The van der Waals surface area contributed by atoms with Crippen molar-refractivity contribution >= 4 is 45.1 Å². The van der Waals surface area contributed by atoms with E-state index in [0.717, 1.165) is 36.1 Å². The van der Waals surface area contributed by atoms with Crippen LogP contribution in [0.3, 0.4) is 0 Å². The van der Waals surface area contributed by atoms with E-state index in [1.807, 2.05) is 4.90 Å². The first-order chi connectivity index (χ1) is 12.0. The highest BCUT2D eigenvalue weighted by molar-refractivity contribution is 8.00. The fraction of sp³-hybridized carbons (Fsp3) is 0.471. The minimum atomic E-state index is -0.306. The molecule has 8 heteroatoms. The highest BCUT2D eigenvalue weighted by Gasteiger charge is 2.16. The van der Waals surface area contributed by atoms with Gasteiger partial charge in [-0.25, -0.2) is 4.39 Å². The topological polar surface area (TPSA) is 54.7 Å². The summed E-state index contributed by atoms with van der Waals surface area (Å²) in [7, 11) is 1.80. The zero-order valence-electron chi connectivity index (χ0n) is 14.0. The molecule has 1 aliphatic rings. The standard InChI is InChI=1S/C17H20FN3O2S2/c1-20-13-6-5-12(18)9-14(13)25-17(20)19-15(22)10-24-11-16(23)21-7-3-2-4-8-21/h5-6,9H,2-4,7-8,10-11H2,1H3. The summed E-state index contributed by atoms with van der Waals surface area (Å²) in [6, 6.07) is 4.51. The third-order valence-corrected chi connectivity index (χ3v) is 6.15. The van der Waals surface area contributed by atoms with Crippen molar-refractivity contribution in [1.29, 1.82) is 0 Å². The van der Waals surface area contributed by atoms with E-state index in [1.165, 1.54) is 41.7 Å². The zero-order chi connectivity index (χ0) is 17.8. The summed E-state index contributed by atoms with van der Waals surface area (Å²) >= 11 is 2.58. The Morgan fingerprint density at radius 1 is 1.24 bits per heavy atom. The Kier molecular flexibility index (Phi) is 5.90. The van der Waals surface area contributed by atoms with Gasteiger partial charge in [-0.3, -0.25) is 9.59 Å². The van der Waals surface area contributed by atoms with Crippen molar-refractivity contribution in [2.45, 2.75) is 19.3 Å². The highest BCUT2D eigenvalue weighted by Crippen LogP contribution is 2.17. The van der Waals surface area contributed by atoms with Crippen molar-refractivity contribution in [3.05, 3.63) is 28.8 Å². The Hall–Kier alpha value is -1.67. The van der Waals surface area contributed by atoms with Gasteiger partial charge in [-0.15, -0.1) is 11.8 Å². The number of benzene rings is 1. The van der Waals surface area contributed by atoms with Gasteiger partial charge in [0.05, 0.1) is 21.7 Å². The van der Waals surface area contributed by atoms with Crippen LogP contribution in [0.4, 0.5) is 4.39 Å². The van der Waals surface area contributed by atoms with Crippen molar-refractivity contribution < 1.29 is 14.0 Å². The number of likely N-dealkylation sites (tertiary alicyclic amines) is 1. The largest absolute Gasteiger partial charge is 0.342 e. The Balaban J connectivity index is 1.59. The van der Waals surface area contributed by atoms with Crippen molar-refractivity contribution in [3.8, 4) is 0 Å². The Morgan fingerprint density at radius 3 is 2.76 bits per heavy atom. The van der Waals surface area contributed by atoms with E-state index < -0.39 is 0 Å². The van der Waals surface area contributed by atoms with Crippen molar-refractivity contribution in [2.75, 3.05) is 24.6 Å². The van der Waals surface area contributed by atoms with Crippen molar-refractivity contribution in [1.82, 2.24) is 9.47 Å². The fourth-order valence-corrected chi connectivity index (χ4v) is 4.57. The van der Waals surface area contributed by atoms with Gasteiger partial charge in [-0.05, 0) is 37.5 Å². The molecule has 0 bridgehead atoms. The lowest BCUT2D eigenvalue weighted by Gasteiger charge is -2.26. The van der Waals surface area contributed by atoms with Gasteiger partial charge in [0.1, 0.15) is 5.82 Å². The molecule has 2 aromatic rings. The van der Waals surface area contributed by atoms with Crippen LogP contribution in [0.2, 0.25) is 0 Å². The predicted molar refractivity (Wildman–Crippen MR) is 99.1 cm³/mol. The molecule has 1 aromatic heterocycles. The van der Waals surface area contributed by atoms with Crippen LogP contribution in [0, 0.1) is 5.82 Å². The molecule has 0 saturated carbocycles. The van der Waals surface area contributed by atoms with E-state index in [-0.39, 0.29) is 23.4 Å². The number of nitrogens with zero attached hydrogens (tertiary/aromatic N) is 3. The van der Waals surface area contributed by atoms with Gasteiger partial charge >= 0.3 is 0 Å². The molecule has 0 atom stereocenters. The lowest BCUT2D eigenvalue weighted by atomic mass is 10.1. The molecule has 0 unspecified atom stereocenters. The maximum absolute atomic E-state index is 13.3. The van der Waals surface area contributed by atoms with Crippen LogP contribution >= 0.6 is 23.1 Å². The number of halogens is 1. The summed E-state index contributed by atoms with van der Waals surface area (Å²) in [5, 5.41) is 0. The molecule has 0 radical (unpaired) electrons. The fourth-order valence-electron chi connectivity index (χ4n) is 2.81. The lowest BCUT2D eigenvalue weighted by molar-refractivity contribution is -0.129. The summed E-state index contributed by atoms with van der Waals surface area (Å²) in [6.07, 6.45) is 3.31. The van der Waals surface area contributed by atoms with Gasteiger partial charge in [-0.2, -0.15) is 4.99 Å². The number of hydrogen-bond acceptors (Lipinski definition) is 4. The number of aromatic nitrogens is 1. The summed E-state index contributed by atoms with van der Waals surface area (Å²) in [5.74, 6) is -0.00816. The van der Waals surface area contributed by atoms with Gasteiger partial charge < -0.3 is 9.47 Å². The first kappa shape index (κ1) is 18.1. The normalized spacial score (nSPS) is 15.8. The predicted octanol–water partition coefficient (Wildman–Crippen LogP) is 2.55. The molecule has 1 fully saturated rings. The summed E-state index contributed by atoms with van der Waals surface area (Å²) in [4.78, 5) is 30.7. The first-order valence-electron chi connectivity index (χ1n) is 8.23. The number of fused-ring (bicyclic) bond motifs is 1. The van der Waals surface area contributed by atoms with Gasteiger partial charge in [0.2, 0.25) is 5.91 Å². The molecule has 134 valence electrons. The molecular formula is C17H20FN3O2S2. The van der Waals surface area contributed by atoms with E-state index in [9.17, 15) is 14.0 Å². The maximum Gasteiger partial charge on any atom is 0.258 e. The second-order valence-corrected chi connectivity index (χ2v) is 7.99. The van der Waals surface area contributed by atoms with E-state index in [1.54, 1.807) is 17.7 Å². The second kappa shape index (κ2) is 8.14. The van der Waals surface area contributed by atoms with Gasteiger partial charge in [0.25, 0.3) is 5.91 Å². The van der Waals surface area contributed by atoms with Gasteiger partial charge in [-0.1, -0.05) is 11.3 Å². The second-order valence-electron chi connectivity index (χ2n) is 6.00. The van der Waals surface area contributed by atoms with Crippen LogP contribution in [-0.2, 0) is 16.6 Å². The SMILES string of the molecule is Cn1c(=NC(=O)CSCC(=O)N2CCCCC2)sc2cc(F)ccc21. The Bertz CT molecular complexity index is 853. The van der Waals surface area contributed by atoms with Crippen molar-refractivity contribution in [2.24, 2.45) is 12.0 Å². The number of carbonyl (C=O) groups excluding carboxylic acids is 2. The van der Waals surface area contributed by atoms with Crippen LogP contribution in [0.25, 0.3) is 10.2 Å². The molecule has 0 aliphatic carbocycles. The molecule has 2 heterocycles. The minimum Gasteiger partial charge on any atom is -0.342 e. The number of aryl methyl sites for hydroxylation is 1. The average Bonchev–Trinajstić information content (AvgIpc) is 2.90. The number of thiazole rings is 1. The van der Waals surface area contributed by atoms with Crippen LogP contribution in [0.15, 0.2) is 23.2 Å². The minimum absolute atomic E-state index is 0.0976. The molecule has 3 rings (SSSR count). The third-order valence-electron chi connectivity index (χ3n) is 4.15. The number of rotatable bonds is 4. The van der Waals surface area contributed by atoms with E-state index in [4.69, 9.17) is 0 Å². The van der Waals surface area contributed by atoms with Gasteiger partial charge in [0, 0.05) is 20.1 Å². The molecule has 0 spiro atoms. The molecule has 1 aromatic carbocycles. The number of amides is 2. The van der Waals surface area contributed by atoms with E-state index in [2.05, 4.69) is 4.99 Å². The average molecular weight is 381 g/mol. The number of piperidine rings is 1. The maximum atomic E-state index is 13.3. The summed E-state index contributed by atoms with van der Waals surface area (Å²) in [5.41, 5.74) is 0.839. The monoisotopic (exact) mass is 381 g/mol. The summed E-state index contributed by atoms with van der Waals surface area (Å²) in [6.45, 7) is 1.65. The highest BCUT2D eigenvalue weighted by atomic mass is 32.2. The van der Waals surface area contributed by atoms with Crippen LogP contribution in [0.5, 0.6) is 0 Å². The van der Waals surface area contributed by atoms with Crippen LogP contribution < -0.4 is 4.80 Å². The molecule has 1 saturated heterocycles. The third kappa shape index (κ3) is 4.49.